The average Bonchev–Trinajstić information content (AvgIpc) is 2.87. The van der Waals surface area contributed by atoms with E-state index in [1.165, 1.54) is 83.5 Å². The van der Waals surface area contributed by atoms with Crippen molar-refractivity contribution in [3.05, 3.63) is 29.8 Å². The van der Waals surface area contributed by atoms with Gasteiger partial charge in [-0.15, -0.1) is 0 Å². The Morgan fingerprint density at radius 1 is 0.848 bits per heavy atom. The van der Waals surface area contributed by atoms with Gasteiger partial charge in [-0.2, -0.15) is 5.26 Å². The minimum atomic E-state index is -0.0841. The molecule has 0 amide bonds. The summed E-state index contributed by atoms with van der Waals surface area (Å²) in [6.07, 6.45) is 20.3. The van der Waals surface area contributed by atoms with Gasteiger partial charge in [-0.25, -0.2) is 0 Å². The number of unbranched alkanes of at least 4 members (excludes halogenated alkanes) is 3. The van der Waals surface area contributed by atoms with Crippen LogP contribution in [0.2, 0.25) is 0 Å². The molecule has 33 heavy (non-hydrogen) atoms. The summed E-state index contributed by atoms with van der Waals surface area (Å²) in [7, 11) is 0. The Hall–Kier alpha value is -1.82. The first-order valence-electron chi connectivity index (χ1n) is 13.9. The first kappa shape index (κ1) is 24.3. The number of ether oxygens (including phenoxy) is 1. The van der Waals surface area contributed by atoms with Crippen LogP contribution in [0.5, 0.6) is 5.75 Å². The molecule has 3 saturated carbocycles. The van der Waals surface area contributed by atoms with Crippen LogP contribution >= 0.6 is 0 Å². The van der Waals surface area contributed by atoms with Gasteiger partial charge in [0.2, 0.25) is 0 Å². The summed E-state index contributed by atoms with van der Waals surface area (Å²) in [6.45, 7) is 2.30. The molecule has 3 heteroatoms. The van der Waals surface area contributed by atoms with Crippen molar-refractivity contribution < 1.29 is 9.53 Å². The third kappa shape index (κ3) is 6.62. The van der Waals surface area contributed by atoms with Gasteiger partial charge in [0.1, 0.15) is 5.75 Å². The van der Waals surface area contributed by atoms with Crippen LogP contribution in [0, 0.1) is 46.8 Å². The molecule has 0 aliphatic heterocycles. The molecular formula is C30H43NO2. The number of nitrogens with zero attached hydrogens (tertiary/aromatic N) is 1. The van der Waals surface area contributed by atoms with Gasteiger partial charge in [-0.1, -0.05) is 45.4 Å². The molecule has 3 fully saturated rings. The van der Waals surface area contributed by atoms with Gasteiger partial charge in [0.15, 0.2) is 0 Å². The van der Waals surface area contributed by atoms with E-state index in [1.807, 2.05) is 0 Å². The Kier molecular flexibility index (Phi) is 8.88. The van der Waals surface area contributed by atoms with Crippen LogP contribution in [0.3, 0.4) is 0 Å². The van der Waals surface area contributed by atoms with E-state index in [0.717, 1.165) is 42.4 Å². The molecule has 1 aromatic rings. The number of rotatable bonds is 8. The summed E-state index contributed by atoms with van der Waals surface area (Å²) < 4.78 is 5.61. The van der Waals surface area contributed by atoms with E-state index in [1.54, 1.807) is 24.3 Å². The lowest BCUT2D eigenvalue weighted by molar-refractivity contribution is -0.140. The van der Waals surface area contributed by atoms with Crippen molar-refractivity contribution in [3.8, 4) is 11.8 Å². The third-order valence-corrected chi connectivity index (χ3v) is 9.20. The van der Waals surface area contributed by atoms with Crippen molar-refractivity contribution >= 4 is 5.97 Å². The van der Waals surface area contributed by atoms with Crippen LogP contribution in [0.15, 0.2) is 24.3 Å². The predicted molar refractivity (Wildman–Crippen MR) is 133 cm³/mol. The van der Waals surface area contributed by atoms with Gasteiger partial charge >= 0.3 is 5.97 Å². The Morgan fingerprint density at radius 3 is 2.18 bits per heavy atom. The standard InChI is InChI=1S/C30H43NO2/c1-2-3-4-5-6-22-7-10-28-20-27(16-15-26(28)19-22)24-11-13-25(14-12-24)30(32)33-29-17-8-23(21-31)9-18-29/h8-9,17-18,22,24-28H,2-7,10-16,19-20H2,1H3. The molecule has 0 saturated heterocycles. The van der Waals surface area contributed by atoms with Gasteiger partial charge in [0.25, 0.3) is 0 Å². The van der Waals surface area contributed by atoms with Crippen molar-refractivity contribution in [1.29, 1.82) is 5.26 Å². The summed E-state index contributed by atoms with van der Waals surface area (Å²) in [5.41, 5.74) is 0.588. The van der Waals surface area contributed by atoms with E-state index < -0.39 is 0 Å². The Labute approximate surface area is 201 Å². The lowest BCUT2D eigenvalue weighted by Gasteiger charge is -2.45. The Morgan fingerprint density at radius 2 is 1.48 bits per heavy atom. The molecule has 0 aromatic heterocycles. The topological polar surface area (TPSA) is 50.1 Å². The number of hydrogen-bond donors (Lipinski definition) is 0. The molecule has 3 nitrogen and oxygen atoms in total. The monoisotopic (exact) mass is 449 g/mol. The van der Waals surface area contributed by atoms with Crippen molar-refractivity contribution in [2.75, 3.05) is 0 Å². The van der Waals surface area contributed by atoms with Gasteiger partial charge in [0.05, 0.1) is 17.6 Å². The van der Waals surface area contributed by atoms with Crippen molar-refractivity contribution in [3.63, 3.8) is 0 Å². The minimum absolute atomic E-state index is 0.0383. The zero-order valence-electron chi connectivity index (χ0n) is 20.6. The van der Waals surface area contributed by atoms with E-state index in [4.69, 9.17) is 10.00 Å². The molecule has 1 aromatic carbocycles. The van der Waals surface area contributed by atoms with Gasteiger partial charge in [0, 0.05) is 0 Å². The van der Waals surface area contributed by atoms with Gasteiger partial charge in [-0.3, -0.25) is 4.79 Å². The predicted octanol–water partition coefficient (Wildman–Crippen LogP) is 8.07. The number of fused-ring (bicyclic) bond motifs is 1. The fourth-order valence-corrected chi connectivity index (χ4v) is 7.20. The second kappa shape index (κ2) is 12.0. The minimum Gasteiger partial charge on any atom is -0.426 e. The summed E-state index contributed by atoms with van der Waals surface area (Å²) in [5.74, 6) is 5.22. The first-order valence-corrected chi connectivity index (χ1v) is 13.9. The number of benzene rings is 1. The van der Waals surface area contributed by atoms with E-state index in [-0.39, 0.29) is 11.9 Å². The van der Waals surface area contributed by atoms with Crippen LogP contribution in [0.4, 0.5) is 0 Å². The van der Waals surface area contributed by atoms with E-state index in [2.05, 4.69) is 13.0 Å². The molecule has 4 rings (SSSR count). The summed E-state index contributed by atoms with van der Waals surface area (Å²) >= 11 is 0. The number of esters is 1. The molecule has 0 bridgehead atoms. The number of nitriles is 1. The molecule has 0 radical (unpaired) electrons. The quantitative estimate of drug-likeness (QED) is 0.229. The SMILES string of the molecule is CCCCCCC1CCC2CC(C3CCC(C(=O)Oc4ccc(C#N)cc4)CC3)CCC2C1. The van der Waals surface area contributed by atoms with E-state index in [9.17, 15) is 4.79 Å². The molecule has 4 unspecified atom stereocenters. The maximum atomic E-state index is 12.6. The third-order valence-electron chi connectivity index (χ3n) is 9.20. The largest absolute Gasteiger partial charge is 0.426 e. The lowest BCUT2D eigenvalue weighted by Crippen LogP contribution is -2.35. The highest BCUT2D eigenvalue weighted by atomic mass is 16.5. The highest BCUT2D eigenvalue weighted by Gasteiger charge is 2.39. The molecule has 180 valence electrons. The Bertz CT molecular complexity index is 787. The zero-order chi connectivity index (χ0) is 23.0. The fourth-order valence-electron chi connectivity index (χ4n) is 7.20. The summed E-state index contributed by atoms with van der Waals surface area (Å²) in [6, 6.07) is 8.95. The van der Waals surface area contributed by atoms with Crippen LogP contribution < -0.4 is 4.74 Å². The number of carbonyl (C=O) groups excluding carboxylic acids is 1. The van der Waals surface area contributed by atoms with Crippen LogP contribution in [-0.4, -0.2) is 5.97 Å². The number of carbonyl (C=O) groups is 1. The summed E-state index contributed by atoms with van der Waals surface area (Å²) in [4.78, 5) is 12.6. The van der Waals surface area contributed by atoms with Crippen LogP contribution in [0.25, 0.3) is 0 Å². The highest BCUT2D eigenvalue weighted by molar-refractivity contribution is 5.75. The molecule has 3 aliphatic carbocycles. The average molecular weight is 450 g/mol. The van der Waals surface area contributed by atoms with Crippen LogP contribution in [-0.2, 0) is 4.79 Å². The second-order valence-corrected chi connectivity index (χ2v) is 11.3. The highest BCUT2D eigenvalue weighted by Crippen LogP contribution is 2.49. The normalized spacial score (nSPS) is 31.9. The molecule has 3 aliphatic rings. The summed E-state index contributed by atoms with van der Waals surface area (Å²) in [5, 5.41) is 8.91. The Balaban J connectivity index is 1.18. The molecule has 4 atom stereocenters. The van der Waals surface area contributed by atoms with E-state index in [0.29, 0.717) is 11.3 Å². The lowest BCUT2D eigenvalue weighted by atomic mass is 9.60. The fraction of sp³-hybridized carbons (Fsp3) is 0.733. The van der Waals surface area contributed by atoms with Crippen molar-refractivity contribution in [2.24, 2.45) is 35.5 Å². The number of hydrogen-bond acceptors (Lipinski definition) is 3. The molecule has 0 N–H and O–H groups in total. The maximum Gasteiger partial charge on any atom is 0.314 e. The first-order chi connectivity index (χ1) is 16.2. The van der Waals surface area contributed by atoms with E-state index >= 15 is 0 Å². The second-order valence-electron chi connectivity index (χ2n) is 11.3. The molecule has 0 heterocycles. The maximum absolute atomic E-state index is 12.6. The van der Waals surface area contributed by atoms with Crippen molar-refractivity contribution in [2.45, 2.75) is 103 Å². The van der Waals surface area contributed by atoms with Crippen molar-refractivity contribution in [1.82, 2.24) is 0 Å². The molecular weight excluding hydrogens is 406 g/mol. The molecule has 0 spiro atoms. The van der Waals surface area contributed by atoms with Crippen LogP contribution in [0.1, 0.15) is 109 Å². The zero-order valence-corrected chi connectivity index (χ0v) is 20.6. The smallest absolute Gasteiger partial charge is 0.314 e. The van der Waals surface area contributed by atoms with Gasteiger partial charge in [-0.05, 0) is 112 Å². The van der Waals surface area contributed by atoms with Gasteiger partial charge < -0.3 is 4.74 Å².